The van der Waals surface area contributed by atoms with Gasteiger partial charge in [-0.1, -0.05) is 19.1 Å². The minimum absolute atomic E-state index is 0.0244. The van der Waals surface area contributed by atoms with E-state index in [0.29, 0.717) is 17.7 Å². The first kappa shape index (κ1) is 14.1. The number of aliphatic hydroxyl groups excluding tert-OH is 1. The second-order valence-corrected chi connectivity index (χ2v) is 4.39. The Morgan fingerprint density at radius 3 is 2.75 bits per heavy atom. The number of aryl methyl sites for hydroxylation is 1. The van der Waals surface area contributed by atoms with Gasteiger partial charge in [0.1, 0.15) is 17.6 Å². The highest BCUT2D eigenvalue weighted by Crippen LogP contribution is 2.23. The molecule has 1 aromatic carbocycles. The van der Waals surface area contributed by atoms with Crippen molar-refractivity contribution >= 4 is 5.91 Å². The van der Waals surface area contributed by atoms with Crippen molar-refractivity contribution in [2.24, 2.45) is 0 Å². The largest absolute Gasteiger partial charge is 0.507 e. The SMILES string of the molecule is CCc1cccc(C(=O)NC(CO)c2ccco2)c1O. The maximum absolute atomic E-state index is 12.2. The molecule has 106 valence electrons. The Bertz CT molecular complexity index is 578. The monoisotopic (exact) mass is 275 g/mol. The number of hydrogen-bond donors (Lipinski definition) is 3. The first-order valence-corrected chi connectivity index (χ1v) is 6.43. The second-order valence-electron chi connectivity index (χ2n) is 4.39. The summed E-state index contributed by atoms with van der Waals surface area (Å²) in [7, 11) is 0. The maximum atomic E-state index is 12.2. The molecule has 1 aromatic heterocycles. The zero-order valence-corrected chi connectivity index (χ0v) is 11.2. The van der Waals surface area contributed by atoms with E-state index in [2.05, 4.69) is 5.32 Å². The fourth-order valence-corrected chi connectivity index (χ4v) is 1.99. The summed E-state index contributed by atoms with van der Waals surface area (Å²) in [5.41, 5.74) is 0.894. The van der Waals surface area contributed by atoms with E-state index in [4.69, 9.17) is 4.42 Å². The van der Waals surface area contributed by atoms with Gasteiger partial charge in [-0.05, 0) is 30.2 Å². The highest BCUT2D eigenvalue weighted by Gasteiger charge is 2.20. The number of furan rings is 1. The number of phenols is 1. The molecule has 1 unspecified atom stereocenters. The highest BCUT2D eigenvalue weighted by molar-refractivity contribution is 5.97. The summed E-state index contributed by atoms with van der Waals surface area (Å²) in [4.78, 5) is 12.2. The van der Waals surface area contributed by atoms with E-state index in [-0.39, 0.29) is 17.9 Å². The topological polar surface area (TPSA) is 82.7 Å². The van der Waals surface area contributed by atoms with Crippen LogP contribution in [0, 0.1) is 0 Å². The minimum Gasteiger partial charge on any atom is -0.507 e. The van der Waals surface area contributed by atoms with Crippen molar-refractivity contribution in [1.82, 2.24) is 5.32 Å². The molecule has 0 aliphatic carbocycles. The molecule has 0 radical (unpaired) electrons. The first-order valence-electron chi connectivity index (χ1n) is 6.43. The maximum Gasteiger partial charge on any atom is 0.255 e. The van der Waals surface area contributed by atoms with Crippen LogP contribution in [0.25, 0.3) is 0 Å². The van der Waals surface area contributed by atoms with Crippen LogP contribution in [0.5, 0.6) is 5.75 Å². The fourth-order valence-electron chi connectivity index (χ4n) is 1.99. The van der Waals surface area contributed by atoms with Crippen molar-refractivity contribution in [2.45, 2.75) is 19.4 Å². The van der Waals surface area contributed by atoms with Crippen molar-refractivity contribution < 1.29 is 19.4 Å². The Morgan fingerprint density at radius 2 is 2.15 bits per heavy atom. The van der Waals surface area contributed by atoms with Crippen LogP contribution in [-0.4, -0.2) is 22.7 Å². The van der Waals surface area contributed by atoms with E-state index in [1.54, 1.807) is 30.3 Å². The summed E-state index contributed by atoms with van der Waals surface area (Å²) in [5, 5.41) is 22.0. The van der Waals surface area contributed by atoms with Crippen molar-refractivity contribution in [1.29, 1.82) is 0 Å². The molecule has 1 amide bonds. The number of phenolic OH excluding ortho intramolecular Hbond substituents is 1. The predicted molar refractivity (Wildman–Crippen MR) is 73.5 cm³/mol. The Balaban J connectivity index is 2.19. The van der Waals surface area contributed by atoms with Gasteiger partial charge < -0.3 is 19.9 Å². The minimum atomic E-state index is -0.637. The van der Waals surface area contributed by atoms with Gasteiger partial charge >= 0.3 is 0 Å². The van der Waals surface area contributed by atoms with Gasteiger partial charge in [0.25, 0.3) is 5.91 Å². The van der Waals surface area contributed by atoms with Crippen molar-refractivity contribution in [3.63, 3.8) is 0 Å². The standard InChI is InChI=1S/C15H17NO4/c1-2-10-5-3-6-11(14(10)18)15(19)16-12(9-17)13-7-4-8-20-13/h3-8,12,17-18H,2,9H2,1H3,(H,16,19). The lowest BCUT2D eigenvalue weighted by molar-refractivity contribution is 0.0904. The molecule has 0 aliphatic heterocycles. The van der Waals surface area contributed by atoms with Gasteiger partial charge in [0.2, 0.25) is 0 Å². The molecule has 0 bridgehead atoms. The van der Waals surface area contributed by atoms with Crippen molar-refractivity contribution in [3.05, 3.63) is 53.5 Å². The number of para-hydroxylation sites is 1. The number of hydrogen-bond acceptors (Lipinski definition) is 4. The van der Waals surface area contributed by atoms with E-state index in [1.807, 2.05) is 6.92 Å². The smallest absolute Gasteiger partial charge is 0.255 e. The Morgan fingerprint density at radius 1 is 1.35 bits per heavy atom. The van der Waals surface area contributed by atoms with Gasteiger partial charge in [-0.25, -0.2) is 0 Å². The molecule has 1 heterocycles. The molecule has 0 saturated heterocycles. The summed E-state index contributed by atoms with van der Waals surface area (Å²) in [5.74, 6) is -0.0103. The van der Waals surface area contributed by atoms with E-state index in [0.717, 1.165) is 0 Å². The summed E-state index contributed by atoms with van der Waals surface area (Å²) in [6.45, 7) is 1.61. The molecular weight excluding hydrogens is 258 g/mol. The number of carbonyl (C=O) groups excluding carboxylic acids is 1. The Kier molecular flexibility index (Phi) is 4.42. The average Bonchev–Trinajstić information content (AvgIpc) is 2.98. The van der Waals surface area contributed by atoms with Crippen LogP contribution in [0.3, 0.4) is 0 Å². The number of amides is 1. The van der Waals surface area contributed by atoms with Gasteiger partial charge in [-0.3, -0.25) is 4.79 Å². The van der Waals surface area contributed by atoms with Gasteiger partial charge in [0, 0.05) is 0 Å². The molecular formula is C15H17NO4. The molecule has 20 heavy (non-hydrogen) atoms. The summed E-state index contributed by atoms with van der Waals surface area (Å²) < 4.78 is 5.16. The van der Waals surface area contributed by atoms with E-state index >= 15 is 0 Å². The lowest BCUT2D eigenvalue weighted by Crippen LogP contribution is -2.30. The molecule has 5 nitrogen and oxygen atoms in total. The quantitative estimate of drug-likeness (QED) is 0.779. The predicted octanol–water partition coefficient (Wildman–Crippen LogP) is 2.01. The zero-order chi connectivity index (χ0) is 14.5. The summed E-state index contributed by atoms with van der Waals surface area (Å²) in [6.07, 6.45) is 2.11. The Hall–Kier alpha value is -2.27. The van der Waals surface area contributed by atoms with E-state index in [9.17, 15) is 15.0 Å². The van der Waals surface area contributed by atoms with Crippen molar-refractivity contribution in [2.75, 3.05) is 6.61 Å². The van der Waals surface area contributed by atoms with Crippen LogP contribution in [0.4, 0.5) is 0 Å². The number of aromatic hydroxyl groups is 1. The lowest BCUT2D eigenvalue weighted by atomic mass is 10.1. The molecule has 0 saturated carbocycles. The molecule has 2 aromatic rings. The van der Waals surface area contributed by atoms with Crippen LogP contribution in [0.2, 0.25) is 0 Å². The fraction of sp³-hybridized carbons (Fsp3) is 0.267. The van der Waals surface area contributed by atoms with Crippen molar-refractivity contribution in [3.8, 4) is 5.75 Å². The number of benzene rings is 1. The normalized spacial score (nSPS) is 12.1. The molecule has 5 heteroatoms. The number of rotatable bonds is 5. The van der Waals surface area contributed by atoms with Gasteiger partial charge in [-0.2, -0.15) is 0 Å². The molecule has 0 spiro atoms. The van der Waals surface area contributed by atoms with Gasteiger partial charge in [0.15, 0.2) is 0 Å². The average molecular weight is 275 g/mol. The van der Waals surface area contributed by atoms with Gasteiger partial charge in [-0.15, -0.1) is 0 Å². The van der Waals surface area contributed by atoms with Gasteiger partial charge in [0.05, 0.1) is 18.4 Å². The zero-order valence-electron chi connectivity index (χ0n) is 11.2. The summed E-state index contributed by atoms with van der Waals surface area (Å²) in [6, 6.07) is 7.74. The lowest BCUT2D eigenvalue weighted by Gasteiger charge is -2.15. The number of aliphatic hydroxyl groups is 1. The van der Waals surface area contributed by atoms with Crippen LogP contribution in [-0.2, 0) is 6.42 Å². The van der Waals surface area contributed by atoms with Crippen LogP contribution < -0.4 is 5.32 Å². The third-order valence-electron chi connectivity index (χ3n) is 3.12. The Labute approximate surface area is 116 Å². The van der Waals surface area contributed by atoms with Crippen LogP contribution in [0.1, 0.15) is 34.6 Å². The second kappa shape index (κ2) is 6.25. The third kappa shape index (κ3) is 2.83. The van der Waals surface area contributed by atoms with E-state index < -0.39 is 11.9 Å². The third-order valence-corrected chi connectivity index (χ3v) is 3.12. The molecule has 0 aliphatic rings. The van der Waals surface area contributed by atoms with Crippen LogP contribution in [0.15, 0.2) is 41.0 Å². The number of carbonyl (C=O) groups is 1. The number of nitrogens with one attached hydrogen (secondary N) is 1. The van der Waals surface area contributed by atoms with Crippen LogP contribution >= 0.6 is 0 Å². The molecule has 3 N–H and O–H groups in total. The molecule has 2 rings (SSSR count). The molecule has 0 fully saturated rings. The highest BCUT2D eigenvalue weighted by atomic mass is 16.3. The molecule has 1 atom stereocenters. The van der Waals surface area contributed by atoms with E-state index in [1.165, 1.54) is 6.26 Å². The first-order chi connectivity index (χ1) is 9.67. The summed E-state index contributed by atoms with van der Waals surface area (Å²) >= 11 is 0.